The molecule has 0 radical (unpaired) electrons. The van der Waals surface area contributed by atoms with Crippen molar-refractivity contribution in [3.8, 4) is 0 Å². The van der Waals surface area contributed by atoms with Gasteiger partial charge in [0.2, 0.25) is 5.91 Å². The van der Waals surface area contributed by atoms with Gasteiger partial charge in [0.05, 0.1) is 11.8 Å². The number of carbonyl (C=O) groups excluding carboxylic acids is 1. The fourth-order valence-corrected chi connectivity index (χ4v) is 2.57. The molecule has 0 aromatic rings. The average molecular weight is 273 g/mol. The van der Waals surface area contributed by atoms with Crippen molar-refractivity contribution in [2.75, 3.05) is 12.8 Å². The molecule has 3 unspecified atom stereocenters. The molecule has 0 bridgehead atoms. The highest BCUT2D eigenvalue weighted by atomic mass is 32.2. The zero-order chi connectivity index (χ0) is 13.9. The zero-order valence-corrected chi connectivity index (χ0v) is 12.3. The second-order valence-electron chi connectivity index (χ2n) is 5.81. The van der Waals surface area contributed by atoms with Crippen LogP contribution < -0.4 is 5.32 Å². The molecule has 1 fully saturated rings. The van der Waals surface area contributed by atoms with Crippen molar-refractivity contribution in [1.82, 2.24) is 5.32 Å². The van der Waals surface area contributed by atoms with Gasteiger partial charge in [-0.15, -0.1) is 0 Å². The lowest BCUT2D eigenvalue weighted by Gasteiger charge is -2.24. The number of hydrogen-bond donors (Lipinski definition) is 2. The van der Waals surface area contributed by atoms with E-state index in [2.05, 4.69) is 19.2 Å². The first-order chi connectivity index (χ1) is 8.26. The first-order valence-corrected chi connectivity index (χ1v) is 7.55. The van der Waals surface area contributed by atoms with Gasteiger partial charge in [-0.3, -0.25) is 9.59 Å². The molecule has 1 rings (SSSR count). The van der Waals surface area contributed by atoms with Crippen molar-refractivity contribution >= 4 is 23.6 Å². The SMILES string of the molecule is CSC(C)(C)CNC(=O)C1CC(C)CC1C(=O)O. The molecule has 18 heavy (non-hydrogen) atoms. The van der Waals surface area contributed by atoms with Crippen molar-refractivity contribution in [2.45, 2.75) is 38.4 Å². The molecule has 0 aromatic heterocycles. The summed E-state index contributed by atoms with van der Waals surface area (Å²) in [6.45, 7) is 6.70. The predicted molar refractivity (Wildman–Crippen MR) is 73.6 cm³/mol. The van der Waals surface area contributed by atoms with Crippen molar-refractivity contribution in [3.63, 3.8) is 0 Å². The summed E-state index contributed by atoms with van der Waals surface area (Å²) in [6.07, 6.45) is 3.30. The maximum atomic E-state index is 12.1. The normalized spacial score (nSPS) is 28.1. The number of carboxylic acid groups (broad SMARTS) is 1. The van der Waals surface area contributed by atoms with Crippen LogP contribution in [0.15, 0.2) is 0 Å². The van der Waals surface area contributed by atoms with Gasteiger partial charge >= 0.3 is 5.97 Å². The van der Waals surface area contributed by atoms with Gasteiger partial charge in [0.15, 0.2) is 0 Å². The first-order valence-electron chi connectivity index (χ1n) is 6.32. The summed E-state index contributed by atoms with van der Waals surface area (Å²) >= 11 is 1.69. The Morgan fingerprint density at radius 3 is 2.39 bits per heavy atom. The van der Waals surface area contributed by atoms with Crippen LogP contribution in [0.4, 0.5) is 0 Å². The molecule has 4 nitrogen and oxygen atoms in total. The largest absolute Gasteiger partial charge is 0.481 e. The van der Waals surface area contributed by atoms with E-state index in [1.165, 1.54) is 0 Å². The van der Waals surface area contributed by atoms with E-state index in [1.807, 2.05) is 13.2 Å². The molecule has 1 saturated carbocycles. The van der Waals surface area contributed by atoms with Crippen LogP contribution in [0.1, 0.15) is 33.6 Å². The lowest BCUT2D eigenvalue weighted by molar-refractivity contribution is -0.146. The van der Waals surface area contributed by atoms with E-state index in [0.717, 1.165) is 0 Å². The van der Waals surface area contributed by atoms with E-state index in [4.69, 9.17) is 5.11 Å². The number of thioether (sulfide) groups is 1. The van der Waals surface area contributed by atoms with Gasteiger partial charge in [-0.1, -0.05) is 6.92 Å². The average Bonchev–Trinajstić information content (AvgIpc) is 2.68. The summed E-state index contributed by atoms with van der Waals surface area (Å²) in [5.41, 5.74) is 0. The number of hydrogen-bond acceptors (Lipinski definition) is 3. The van der Waals surface area contributed by atoms with Crippen molar-refractivity contribution < 1.29 is 14.7 Å². The van der Waals surface area contributed by atoms with Crippen LogP contribution in [0.25, 0.3) is 0 Å². The maximum absolute atomic E-state index is 12.1. The molecule has 5 heteroatoms. The molecule has 104 valence electrons. The number of amides is 1. The molecule has 0 aromatic carbocycles. The number of rotatable bonds is 5. The number of aliphatic carboxylic acids is 1. The standard InChI is InChI=1S/C13H23NO3S/c1-8-5-9(10(6-8)12(16)17)11(15)14-7-13(2,3)18-4/h8-10H,5-7H2,1-4H3,(H,14,15)(H,16,17). The Morgan fingerprint density at radius 2 is 1.89 bits per heavy atom. The topological polar surface area (TPSA) is 66.4 Å². The van der Waals surface area contributed by atoms with Gasteiger partial charge in [0.1, 0.15) is 0 Å². The van der Waals surface area contributed by atoms with Gasteiger partial charge in [0.25, 0.3) is 0 Å². The van der Waals surface area contributed by atoms with Crippen LogP contribution in [0.3, 0.4) is 0 Å². The minimum absolute atomic E-state index is 0.0153. The molecule has 0 aliphatic heterocycles. The minimum Gasteiger partial charge on any atom is -0.481 e. The fourth-order valence-electron chi connectivity index (χ4n) is 2.36. The number of nitrogens with one attached hydrogen (secondary N) is 1. The van der Waals surface area contributed by atoms with Gasteiger partial charge in [-0.2, -0.15) is 11.8 Å². The highest BCUT2D eigenvalue weighted by Crippen LogP contribution is 2.36. The summed E-state index contributed by atoms with van der Waals surface area (Å²) in [4.78, 5) is 23.2. The molecular weight excluding hydrogens is 250 g/mol. The van der Waals surface area contributed by atoms with Crippen LogP contribution in [-0.2, 0) is 9.59 Å². The molecule has 0 spiro atoms. The van der Waals surface area contributed by atoms with Crippen LogP contribution in [0.5, 0.6) is 0 Å². The molecule has 1 amide bonds. The third kappa shape index (κ3) is 3.90. The van der Waals surface area contributed by atoms with Gasteiger partial charge < -0.3 is 10.4 Å². The summed E-state index contributed by atoms with van der Waals surface area (Å²) in [7, 11) is 0. The maximum Gasteiger partial charge on any atom is 0.307 e. The Hall–Kier alpha value is -0.710. The summed E-state index contributed by atoms with van der Waals surface area (Å²) in [5, 5.41) is 12.0. The van der Waals surface area contributed by atoms with Crippen molar-refractivity contribution in [2.24, 2.45) is 17.8 Å². The van der Waals surface area contributed by atoms with Crippen LogP contribution in [-0.4, -0.2) is 34.5 Å². The number of carboxylic acids is 1. The van der Waals surface area contributed by atoms with Gasteiger partial charge in [-0.05, 0) is 38.9 Å². The van der Waals surface area contributed by atoms with E-state index >= 15 is 0 Å². The Bertz CT molecular complexity index is 330. The van der Waals surface area contributed by atoms with Crippen LogP contribution in [0, 0.1) is 17.8 Å². The second kappa shape index (κ2) is 5.95. The van der Waals surface area contributed by atoms with Gasteiger partial charge in [0, 0.05) is 11.3 Å². The third-order valence-corrected chi connectivity index (χ3v) is 4.94. The summed E-state index contributed by atoms with van der Waals surface area (Å²) in [6, 6.07) is 0. The smallest absolute Gasteiger partial charge is 0.307 e. The highest BCUT2D eigenvalue weighted by Gasteiger charge is 2.41. The second-order valence-corrected chi connectivity index (χ2v) is 7.32. The molecule has 1 aliphatic carbocycles. The van der Waals surface area contributed by atoms with Crippen molar-refractivity contribution in [1.29, 1.82) is 0 Å². The van der Waals surface area contributed by atoms with E-state index in [9.17, 15) is 9.59 Å². The lowest BCUT2D eigenvalue weighted by atomic mass is 9.95. The summed E-state index contributed by atoms with van der Waals surface area (Å²) in [5.74, 6) is -1.51. The number of carbonyl (C=O) groups is 2. The minimum atomic E-state index is -0.844. The Morgan fingerprint density at radius 1 is 1.33 bits per heavy atom. The van der Waals surface area contributed by atoms with E-state index in [-0.39, 0.29) is 16.6 Å². The van der Waals surface area contributed by atoms with E-state index < -0.39 is 11.9 Å². The fraction of sp³-hybridized carbons (Fsp3) is 0.846. The predicted octanol–water partition coefficient (Wildman–Crippen LogP) is 1.99. The summed E-state index contributed by atoms with van der Waals surface area (Å²) < 4.78 is -0.0153. The lowest BCUT2D eigenvalue weighted by Crippen LogP contribution is -2.41. The molecule has 0 saturated heterocycles. The van der Waals surface area contributed by atoms with E-state index in [1.54, 1.807) is 11.8 Å². The van der Waals surface area contributed by atoms with Crippen LogP contribution in [0.2, 0.25) is 0 Å². The zero-order valence-electron chi connectivity index (χ0n) is 11.5. The first kappa shape index (κ1) is 15.3. The molecule has 2 N–H and O–H groups in total. The van der Waals surface area contributed by atoms with Gasteiger partial charge in [-0.25, -0.2) is 0 Å². The monoisotopic (exact) mass is 273 g/mol. The van der Waals surface area contributed by atoms with Crippen molar-refractivity contribution in [3.05, 3.63) is 0 Å². The molecule has 1 aliphatic rings. The van der Waals surface area contributed by atoms with E-state index in [0.29, 0.717) is 25.3 Å². The Labute approximate surface area is 113 Å². The third-order valence-electron chi connectivity index (χ3n) is 3.69. The van der Waals surface area contributed by atoms with Crippen LogP contribution >= 0.6 is 11.8 Å². The Kier molecular flexibility index (Phi) is 5.08. The highest BCUT2D eigenvalue weighted by molar-refractivity contribution is 7.99. The Balaban J connectivity index is 2.58. The molecule has 3 atom stereocenters. The molecule has 0 heterocycles. The molecular formula is C13H23NO3S. The quantitative estimate of drug-likeness (QED) is 0.804.